The first kappa shape index (κ1) is 13.1. The number of hydrogen-bond acceptors (Lipinski definition) is 4. The van der Waals surface area contributed by atoms with Crippen molar-refractivity contribution in [3.63, 3.8) is 0 Å². The van der Waals surface area contributed by atoms with Crippen LogP contribution in [-0.2, 0) is 9.47 Å². The van der Waals surface area contributed by atoms with E-state index in [1.165, 1.54) is 0 Å². The van der Waals surface area contributed by atoms with E-state index in [0.29, 0.717) is 0 Å². The monoisotopic (exact) mass is 281 g/mol. The zero-order valence-corrected chi connectivity index (χ0v) is 9.55. The van der Waals surface area contributed by atoms with Gasteiger partial charge in [-0.3, -0.25) is 0 Å². The van der Waals surface area contributed by atoms with Crippen LogP contribution in [0.1, 0.15) is 17.4 Å². The number of halogens is 4. The highest BCUT2D eigenvalue weighted by Crippen LogP contribution is 2.30. The molecule has 1 aliphatic rings. The molecule has 1 saturated heterocycles. The smallest absolute Gasteiger partial charge is 0.195 e. The highest BCUT2D eigenvalue weighted by molar-refractivity contribution is 6.69. The summed E-state index contributed by atoms with van der Waals surface area (Å²) >= 11 is 5.39. The Morgan fingerprint density at radius 2 is 1.83 bits per heavy atom. The summed E-state index contributed by atoms with van der Waals surface area (Å²) in [6.07, 6.45) is -1.14. The molecule has 1 aromatic carbocycles. The van der Waals surface area contributed by atoms with Gasteiger partial charge in [0.25, 0.3) is 0 Å². The summed E-state index contributed by atoms with van der Waals surface area (Å²) in [7, 11) is 0. The fourth-order valence-corrected chi connectivity index (χ4v) is 1.67. The van der Waals surface area contributed by atoms with Crippen LogP contribution in [0, 0.1) is 17.5 Å². The largest absolute Gasteiger partial charge is 0.410 e. The third-order valence-electron chi connectivity index (χ3n) is 2.36. The normalized spacial score (nSPS) is 17.4. The summed E-state index contributed by atoms with van der Waals surface area (Å²) < 4.78 is 50.3. The van der Waals surface area contributed by atoms with E-state index in [9.17, 15) is 13.2 Å². The van der Waals surface area contributed by atoms with Gasteiger partial charge in [0.2, 0.25) is 0 Å². The Hall–Kier alpha value is -1.31. The van der Waals surface area contributed by atoms with Gasteiger partial charge in [-0.1, -0.05) is 16.8 Å². The molecule has 8 heteroatoms. The van der Waals surface area contributed by atoms with Crippen molar-refractivity contribution in [3.8, 4) is 0 Å². The average molecular weight is 282 g/mol. The van der Waals surface area contributed by atoms with Gasteiger partial charge >= 0.3 is 0 Å². The van der Waals surface area contributed by atoms with Crippen molar-refractivity contribution in [1.82, 2.24) is 0 Å². The van der Waals surface area contributed by atoms with Crippen LogP contribution in [0.2, 0.25) is 0 Å². The Labute approximate surface area is 105 Å². The molecule has 1 aliphatic heterocycles. The average Bonchev–Trinajstić information content (AvgIpc) is 2.89. The second-order valence-electron chi connectivity index (χ2n) is 3.42. The molecule has 4 nitrogen and oxygen atoms in total. The summed E-state index contributed by atoms with van der Waals surface area (Å²) in [5.41, 5.74) is -0.921. The first-order chi connectivity index (χ1) is 8.56. The predicted molar refractivity (Wildman–Crippen MR) is 55.1 cm³/mol. The number of rotatable bonds is 2. The van der Waals surface area contributed by atoms with Crippen molar-refractivity contribution >= 4 is 16.8 Å². The fraction of sp³-hybridized carbons (Fsp3) is 0.300. The van der Waals surface area contributed by atoms with Crippen molar-refractivity contribution in [2.45, 2.75) is 6.29 Å². The van der Waals surface area contributed by atoms with E-state index in [0.717, 1.165) is 6.07 Å². The van der Waals surface area contributed by atoms with Crippen molar-refractivity contribution in [2.24, 2.45) is 5.16 Å². The molecule has 98 valence electrons. The molecular weight excluding hydrogens is 275 g/mol. The third kappa shape index (κ3) is 2.16. The van der Waals surface area contributed by atoms with Gasteiger partial charge in [0.05, 0.1) is 18.8 Å². The highest BCUT2D eigenvalue weighted by atomic mass is 35.5. The van der Waals surface area contributed by atoms with Crippen molar-refractivity contribution in [3.05, 3.63) is 34.6 Å². The van der Waals surface area contributed by atoms with E-state index in [1.54, 1.807) is 0 Å². The molecule has 0 amide bonds. The molecule has 0 spiro atoms. The second-order valence-corrected chi connectivity index (χ2v) is 3.78. The predicted octanol–water partition coefficient (Wildman–Crippen LogP) is 2.52. The molecule has 0 unspecified atom stereocenters. The van der Waals surface area contributed by atoms with Gasteiger partial charge in [0, 0.05) is 5.56 Å². The molecule has 2 rings (SSSR count). The maximum atomic E-state index is 13.5. The Morgan fingerprint density at radius 1 is 1.22 bits per heavy atom. The van der Waals surface area contributed by atoms with E-state index in [4.69, 9.17) is 26.3 Å². The van der Waals surface area contributed by atoms with Crippen molar-refractivity contribution in [1.29, 1.82) is 0 Å². The molecule has 1 heterocycles. The van der Waals surface area contributed by atoms with Gasteiger partial charge < -0.3 is 14.7 Å². The van der Waals surface area contributed by atoms with Gasteiger partial charge in [0.15, 0.2) is 28.9 Å². The molecule has 1 N–H and O–H groups in total. The van der Waals surface area contributed by atoms with Gasteiger partial charge in [0.1, 0.15) is 0 Å². The van der Waals surface area contributed by atoms with Gasteiger partial charge in [-0.15, -0.1) is 0 Å². The molecule has 1 fully saturated rings. The minimum Gasteiger partial charge on any atom is -0.410 e. The number of nitrogens with zero attached hydrogens (tertiary/aromatic N) is 1. The van der Waals surface area contributed by atoms with Crippen LogP contribution in [0.3, 0.4) is 0 Å². The minimum absolute atomic E-state index is 0.209. The van der Waals surface area contributed by atoms with Crippen molar-refractivity contribution in [2.75, 3.05) is 13.2 Å². The van der Waals surface area contributed by atoms with E-state index in [-0.39, 0.29) is 18.8 Å². The van der Waals surface area contributed by atoms with E-state index in [1.807, 2.05) is 0 Å². The summed E-state index contributed by atoms with van der Waals surface area (Å²) in [5.74, 6) is -4.70. The van der Waals surface area contributed by atoms with Crippen LogP contribution in [0.25, 0.3) is 0 Å². The summed E-state index contributed by atoms with van der Waals surface area (Å²) in [6.45, 7) is 0.417. The molecular formula is C10H7ClF3NO3. The maximum Gasteiger partial charge on any atom is 0.195 e. The molecule has 0 aromatic heterocycles. The number of oxime groups is 1. The number of ether oxygens (including phenoxy) is 2. The first-order valence-corrected chi connectivity index (χ1v) is 5.22. The molecule has 0 atom stereocenters. The van der Waals surface area contributed by atoms with Gasteiger partial charge in [-0.2, -0.15) is 0 Å². The van der Waals surface area contributed by atoms with Crippen LogP contribution in [-0.4, -0.2) is 23.6 Å². The summed E-state index contributed by atoms with van der Waals surface area (Å²) in [6, 6.07) is 0.881. The van der Waals surface area contributed by atoms with E-state index >= 15 is 0 Å². The fourth-order valence-electron chi connectivity index (χ4n) is 1.54. The highest BCUT2D eigenvalue weighted by Gasteiger charge is 2.28. The molecule has 0 radical (unpaired) electrons. The van der Waals surface area contributed by atoms with Crippen LogP contribution in [0.4, 0.5) is 13.2 Å². The Balaban J connectivity index is 2.56. The zero-order valence-electron chi connectivity index (χ0n) is 8.79. The topological polar surface area (TPSA) is 51.1 Å². The standard InChI is InChI=1S/C10H7ClF3NO3/c11-9(15-16)4-3-5(10-17-1-2-18-10)7(13)8(14)6(4)12/h3,10,16H,1-2H2. The SMILES string of the molecule is ON=C(Cl)c1cc(C2OCCO2)c(F)c(F)c1F. The minimum atomic E-state index is -1.73. The Bertz CT molecular complexity index is 504. The van der Waals surface area contributed by atoms with Gasteiger partial charge in [-0.25, -0.2) is 13.2 Å². The van der Waals surface area contributed by atoms with E-state index in [2.05, 4.69) is 5.16 Å². The Kier molecular flexibility index (Phi) is 3.74. The number of benzene rings is 1. The van der Waals surface area contributed by atoms with Crippen LogP contribution >= 0.6 is 11.6 Å². The molecule has 0 saturated carbocycles. The van der Waals surface area contributed by atoms with Crippen LogP contribution in [0.15, 0.2) is 11.2 Å². The summed E-state index contributed by atoms with van der Waals surface area (Å²) in [5, 5.41) is 10.3. The lowest BCUT2D eigenvalue weighted by Crippen LogP contribution is -2.10. The molecule has 1 aromatic rings. The molecule has 0 aliphatic carbocycles. The zero-order chi connectivity index (χ0) is 13.3. The van der Waals surface area contributed by atoms with Crippen LogP contribution < -0.4 is 0 Å². The second kappa shape index (κ2) is 5.13. The summed E-state index contributed by atoms with van der Waals surface area (Å²) in [4.78, 5) is 0. The van der Waals surface area contributed by atoms with E-state index < -0.39 is 34.5 Å². The third-order valence-corrected chi connectivity index (χ3v) is 2.64. The maximum absolute atomic E-state index is 13.5. The Morgan fingerprint density at radius 3 is 2.39 bits per heavy atom. The lowest BCUT2D eigenvalue weighted by Gasteiger charge is -2.13. The first-order valence-electron chi connectivity index (χ1n) is 4.84. The lowest BCUT2D eigenvalue weighted by molar-refractivity contribution is -0.0469. The lowest BCUT2D eigenvalue weighted by atomic mass is 10.1. The van der Waals surface area contributed by atoms with Gasteiger partial charge in [-0.05, 0) is 6.07 Å². The molecule has 18 heavy (non-hydrogen) atoms. The van der Waals surface area contributed by atoms with Crippen molar-refractivity contribution < 1.29 is 27.9 Å². The molecule has 0 bridgehead atoms. The van der Waals surface area contributed by atoms with Crippen LogP contribution in [0.5, 0.6) is 0 Å². The number of hydrogen-bond donors (Lipinski definition) is 1. The quantitative estimate of drug-likeness (QED) is 0.392.